The molecule has 0 spiro atoms. The van der Waals surface area contributed by atoms with Crippen LogP contribution in [0.25, 0.3) is 0 Å². The molecule has 60 valence electrons. The molecular weight excluding hydrogens is 148 g/mol. The molecule has 1 heterocycles. The molecule has 1 rings (SSSR count). The van der Waals surface area contributed by atoms with Gasteiger partial charge in [0.1, 0.15) is 5.75 Å². The number of nitrogens with two attached hydrogens (primary N) is 1. The number of rotatable bonds is 3. The molecule has 3 nitrogen and oxygen atoms in total. The van der Waals surface area contributed by atoms with Gasteiger partial charge in [-0.1, -0.05) is 0 Å². The molecule has 1 unspecified atom stereocenters. The number of hydrogen-bond donors (Lipinski definition) is 1. The average Bonchev–Trinajstić information content (AvgIpc) is 2.34. The molecule has 1 aliphatic rings. The van der Waals surface area contributed by atoms with Crippen LogP contribution in [-0.2, 0) is 11.4 Å². The minimum atomic E-state index is -1.10. The molecule has 0 aliphatic carbocycles. The van der Waals surface area contributed by atoms with Crippen LogP contribution in [0.2, 0.25) is 0 Å². The van der Waals surface area contributed by atoms with Crippen molar-refractivity contribution in [2.24, 2.45) is 5.14 Å². The minimum absolute atomic E-state index is 0.625. The van der Waals surface area contributed by atoms with Crippen molar-refractivity contribution >= 4 is 11.4 Å². The normalized spacial score (nSPS) is 23.4. The summed E-state index contributed by atoms with van der Waals surface area (Å²) >= 11 is -1.10. The van der Waals surface area contributed by atoms with Crippen molar-refractivity contribution in [3.05, 3.63) is 0 Å². The molecule has 0 aromatic rings. The van der Waals surface area contributed by atoms with Gasteiger partial charge in [-0.3, -0.25) is 4.90 Å². The molecule has 0 aromatic heterocycles. The van der Waals surface area contributed by atoms with Gasteiger partial charge in [-0.25, -0.2) is 0 Å². The van der Waals surface area contributed by atoms with Gasteiger partial charge >= 0.3 is 0 Å². The maximum absolute atomic E-state index is 10.5. The zero-order valence-electron chi connectivity index (χ0n) is 6.08. The topological polar surface area (TPSA) is 52.3 Å². The molecule has 0 radical (unpaired) electrons. The lowest BCUT2D eigenvalue weighted by Gasteiger charge is -2.13. The Labute approximate surface area is 64.9 Å². The average molecular weight is 162 g/mol. The van der Waals surface area contributed by atoms with Crippen LogP contribution in [0, 0.1) is 0 Å². The van der Waals surface area contributed by atoms with Crippen molar-refractivity contribution in [1.82, 2.24) is 4.90 Å². The van der Waals surface area contributed by atoms with E-state index >= 15 is 0 Å². The highest BCUT2D eigenvalue weighted by Crippen LogP contribution is 2.06. The largest absolute Gasteiger partial charge is 0.598 e. The SMILES string of the molecule is N[S+]([O-])CCN1CCCC1. The van der Waals surface area contributed by atoms with Gasteiger partial charge in [0.15, 0.2) is 0 Å². The quantitative estimate of drug-likeness (QED) is 0.580. The summed E-state index contributed by atoms with van der Waals surface area (Å²) in [6.07, 6.45) is 2.58. The van der Waals surface area contributed by atoms with Crippen LogP contribution in [0.4, 0.5) is 0 Å². The third-order valence-electron chi connectivity index (χ3n) is 1.81. The predicted octanol–water partition coefficient (Wildman–Crippen LogP) is -0.295. The van der Waals surface area contributed by atoms with E-state index in [2.05, 4.69) is 4.90 Å². The van der Waals surface area contributed by atoms with Crippen LogP contribution in [-0.4, -0.2) is 34.8 Å². The van der Waals surface area contributed by atoms with E-state index in [4.69, 9.17) is 5.14 Å². The smallest absolute Gasteiger partial charge is 0.137 e. The van der Waals surface area contributed by atoms with Crippen molar-refractivity contribution in [2.75, 3.05) is 25.4 Å². The Morgan fingerprint density at radius 1 is 1.40 bits per heavy atom. The third-order valence-corrected chi connectivity index (χ3v) is 2.39. The number of likely N-dealkylation sites (tertiary alicyclic amines) is 1. The van der Waals surface area contributed by atoms with Crippen LogP contribution in [0.3, 0.4) is 0 Å². The molecule has 0 amide bonds. The first-order valence-electron chi connectivity index (χ1n) is 3.64. The van der Waals surface area contributed by atoms with E-state index in [1.807, 2.05) is 0 Å². The fraction of sp³-hybridized carbons (Fsp3) is 1.00. The maximum atomic E-state index is 10.5. The maximum Gasteiger partial charge on any atom is 0.137 e. The van der Waals surface area contributed by atoms with Crippen LogP contribution in [0.1, 0.15) is 12.8 Å². The van der Waals surface area contributed by atoms with E-state index in [9.17, 15) is 4.55 Å². The van der Waals surface area contributed by atoms with E-state index in [0.717, 1.165) is 19.6 Å². The van der Waals surface area contributed by atoms with Gasteiger partial charge in [0, 0.05) is 17.9 Å². The first-order chi connectivity index (χ1) is 4.79. The Morgan fingerprint density at radius 3 is 2.50 bits per heavy atom. The summed E-state index contributed by atoms with van der Waals surface area (Å²) in [6.45, 7) is 3.23. The molecule has 0 aromatic carbocycles. The van der Waals surface area contributed by atoms with Gasteiger partial charge < -0.3 is 4.55 Å². The molecule has 1 saturated heterocycles. The van der Waals surface area contributed by atoms with Crippen molar-refractivity contribution in [1.29, 1.82) is 0 Å². The Balaban J connectivity index is 2.01. The lowest BCUT2D eigenvalue weighted by Crippen LogP contribution is -2.29. The zero-order valence-corrected chi connectivity index (χ0v) is 6.90. The highest BCUT2D eigenvalue weighted by Gasteiger charge is 2.12. The summed E-state index contributed by atoms with van der Waals surface area (Å²) < 4.78 is 10.5. The van der Waals surface area contributed by atoms with E-state index in [-0.39, 0.29) is 0 Å². The van der Waals surface area contributed by atoms with Crippen LogP contribution >= 0.6 is 0 Å². The van der Waals surface area contributed by atoms with E-state index in [1.165, 1.54) is 12.8 Å². The first kappa shape index (κ1) is 8.33. The molecule has 10 heavy (non-hydrogen) atoms. The summed E-state index contributed by atoms with van der Waals surface area (Å²) in [7, 11) is 0. The molecule has 1 aliphatic heterocycles. The van der Waals surface area contributed by atoms with Crippen molar-refractivity contribution < 1.29 is 4.55 Å². The molecule has 0 saturated carbocycles. The second-order valence-corrected chi connectivity index (χ2v) is 3.80. The second-order valence-electron chi connectivity index (χ2n) is 2.63. The Bertz CT molecular complexity index is 93.7. The Hall–Kier alpha value is 0.230. The summed E-state index contributed by atoms with van der Waals surface area (Å²) in [6, 6.07) is 0. The predicted molar refractivity (Wildman–Crippen MR) is 42.9 cm³/mol. The standard InChI is InChI=1S/C6H14N2OS/c7-10(9)6-5-8-3-1-2-4-8/h1-7H2. The highest BCUT2D eigenvalue weighted by atomic mass is 32.2. The molecular formula is C6H14N2OS. The van der Waals surface area contributed by atoms with E-state index in [0.29, 0.717) is 5.75 Å². The second kappa shape index (κ2) is 4.18. The van der Waals surface area contributed by atoms with Gasteiger partial charge in [0.2, 0.25) is 0 Å². The van der Waals surface area contributed by atoms with E-state index < -0.39 is 11.4 Å². The summed E-state index contributed by atoms with van der Waals surface area (Å²) in [5, 5.41) is 5.12. The molecule has 4 heteroatoms. The summed E-state index contributed by atoms with van der Waals surface area (Å²) in [5.41, 5.74) is 0. The van der Waals surface area contributed by atoms with Gasteiger partial charge in [-0.05, 0) is 25.9 Å². The van der Waals surface area contributed by atoms with Gasteiger partial charge in [0.05, 0.1) is 0 Å². The summed E-state index contributed by atoms with van der Waals surface area (Å²) in [4.78, 5) is 2.31. The van der Waals surface area contributed by atoms with Crippen molar-refractivity contribution in [3.8, 4) is 0 Å². The van der Waals surface area contributed by atoms with Gasteiger partial charge in [-0.2, -0.15) is 5.14 Å². The molecule has 1 atom stereocenters. The Morgan fingerprint density at radius 2 is 2.00 bits per heavy atom. The number of nitrogens with zero attached hydrogens (tertiary/aromatic N) is 1. The molecule has 1 fully saturated rings. The first-order valence-corrected chi connectivity index (χ1v) is 5.02. The Kier molecular flexibility index (Phi) is 3.48. The van der Waals surface area contributed by atoms with Gasteiger partial charge in [-0.15, -0.1) is 0 Å². The van der Waals surface area contributed by atoms with Gasteiger partial charge in [0.25, 0.3) is 0 Å². The molecule has 0 bridgehead atoms. The van der Waals surface area contributed by atoms with Crippen molar-refractivity contribution in [3.63, 3.8) is 0 Å². The van der Waals surface area contributed by atoms with Crippen LogP contribution in [0.15, 0.2) is 0 Å². The lowest BCUT2D eigenvalue weighted by molar-refractivity contribution is 0.359. The van der Waals surface area contributed by atoms with Crippen LogP contribution < -0.4 is 5.14 Å². The van der Waals surface area contributed by atoms with E-state index in [1.54, 1.807) is 0 Å². The number of hydrogen-bond acceptors (Lipinski definition) is 3. The minimum Gasteiger partial charge on any atom is -0.598 e. The van der Waals surface area contributed by atoms with Crippen molar-refractivity contribution in [2.45, 2.75) is 12.8 Å². The lowest BCUT2D eigenvalue weighted by atomic mass is 10.4. The summed E-state index contributed by atoms with van der Waals surface area (Å²) in [5.74, 6) is 0.625. The fourth-order valence-electron chi connectivity index (χ4n) is 1.23. The zero-order chi connectivity index (χ0) is 7.40. The molecule has 2 N–H and O–H groups in total. The highest BCUT2D eigenvalue weighted by molar-refractivity contribution is 7.89. The van der Waals surface area contributed by atoms with Crippen LogP contribution in [0.5, 0.6) is 0 Å². The third kappa shape index (κ3) is 2.88. The monoisotopic (exact) mass is 162 g/mol. The fourth-order valence-corrected chi connectivity index (χ4v) is 1.66.